The Balaban J connectivity index is 2.06. The van der Waals surface area contributed by atoms with Crippen LogP contribution in [0.25, 0.3) is 0 Å². The number of esters is 1. The molecule has 1 atom stereocenters. The Labute approximate surface area is 126 Å². The minimum Gasteiger partial charge on any atom is -0.462 e. The van der Waals surface area contributed by atoms with Gasteiger partial charge in [0.15, 0.2) is 0 Å². The highest BCUT2D eigenvalue weighted by Crippen LogP contribution is 2.22. The second-order valence-corrected chi connectivity index (χ2v) is 5.54. The number of nitrogens with two attached hydrogens (primary N) is 1. The first kappa shape index (κ1) is 15.6. The van der Waals surface area contributed by atoms with Crippen LogP contribution >= 0.6 is 0 Å². The number of likely N-dealkylation sites (N-methyl/N-ethyl adjacent to an activating group) is 1. The van der Waals surface area contributed by atoms with E-state index in [0.717, 1.165) is 18.8 Å². The van der Waals surface area contributed by atoms with E-state index in [9.17, 15) is 4.79 Å². The average molecular weight is 291 g/mol. The summed E-state index contributed by atoms with van der Waals surface area (Å²) in [6.45, 7) is 4.12. The molecule has 0 aromatic heterocycles. The van der Waals surface area contributed by atoms with Crippen LogP contribution in [0.15, 0.2) is 18.2 Å². The smallest absolute Gasteiger partial charge is 0.340 e. The third kappa shape index (κ3) is 4.11. The van der Waals surface area contributed by atoms with E-state index in [2.05, 4.69) is 17.3 Å². The molecule has 1 unspecified atom stereocenters. The molecular formula is C16H25N3O2. The van der Waals surface area contributed by atoms with E-state index in [1.54, 1.807) is 19.1 Å². The fourth-order valence-electron chi connectivity index (χ4n) is 2.72. The number of nitrogen functional groups attached to an aromatic ring is 1. The lowest BCUT2D eigenvalue weighted by Crippen LogP contribution is -2.40. The normalized spacial score (nSPS) is 19.2. The van der Waals surface area contributed by atoms with Crippen LogP contribution < -0.4 is 11.1 Å². The Bertz CT molecular complexity index is 490. The Hall–Kier alpha value is -1.75. The van der Waals surface area contributed by atoms with Gasteiger partial charge in [-0.2, -0.15) is 0 Å². The molecule has 0 radical (unpaired) electrons. The molecule has 0 saturated carbocycles. The summed E-state index contributed by atoms with van der Waals surface area (Å²) >= 11 is 0. The number of piperidine rings is 1. The first-order valence-corrected chi connectivity index (χ1v) is 7.62. The molecule has 5 heteroatoms. The van der Waals surface area contributed by atoms with Crippen LogP contribution in [0, 0.1) is 0 Å². The molecule has 2 rings (SSSR count). The highest BCUT2D eigenvalue weighted by Gasteiger charge is 2.20. The van der Waals surface area contributed by atoms with Gasteiger partial charge in [-0.15, -0.1) is 0 Å². The van der Waals surface area contributed by atoms with Crippen molar-refractivity contribution in [3.8, 4) is 0 Å². The number of ether oxygens (including phenoxy) is 1. The van der Waals surface area contributed by atoms with Gasteiger partial charge in [-0.1, -0.05) is 6.42 Å². The summed E-state index contributed by atoms with van der Waals surface area (Å²) in [5.41, 5.74) is 7.65. The van der Waals surface area contributed by atoms with Crippen LogP contribution in [-0.4, -0.2) is 43.7 Å². The summed E-state index contributed by atoms with van der Waals surface area (Å²) < 4.78 is 5.09. The van der Waals surface area contributed by atoms with Gasteiger partial charge in [0.05, 0.1) is 12.2 Å². The number of carbonyl (C=O) groups excluding carboxylic acids is 1. The number of likely N-dealkylation sites (tertiary alicyclic amines) is 1. The maximum atomic E-state index is 12.0. The fourth-order valence-corrected chi connectivity index (χ4v) is 2.72. The van der Waals surface area contributed by atoms with Gasteiger partial charge in [-0.05, 0) is 51.6 Å². The lowest BCUT2D eigenvalue weighted by molar-refractivity contribution is 0.0527. The second-order valence-electron chi connectivity index (χ2n) is 5.54. The highest BCUT2D eigenvalue weighted by atomic mass is 16.5. The molecule has 1 heterocycles. The Kier molecular flexibility index (Phi) is 5.44. The van der Waals surface area contributed by atoms with E-state index in [1.807, 2.05) is 6.07 Å². The number of nitrogens with one attached hydrogen (secondary N) is 1. The number of nitrogens with zero attached hydrogens (tertiary/aromatic N) is 1. The van der Waals surface area contributed by atoms with Crippen molar-refractivity contribution < 1.29 is 9.53 Å². The Morgan fingerprint density at radius 1 is 1.48 bits per heavy atom. The van der Waals surface area contributed by atoms with E-state index < -0.39 is 0 Å². The zero-order valence-corrected chi connectivity index (χ0v) is 12.9. The van der Waals surface area contributed by atoms with Crippen molar-refractivity contribution in [1.29, 1.82) is 0 Å². The minimum absolute atomic E-state index is 0.329. The molecule has 0 bridgehead atoms. The number of hydrogen-bond acceptors (Lipinski definition) is 5. The van der Waals surface area contributed by atoms with E-state index in [0.29, 0.717) is 23.9 Å². The van der Waals surface area contributed by atoms with Crippen molar-refractivity contribution in [2.24, 2.45) is 0 Å². The maximum Gasteiger partial charge on any atom is 0.340 e. The van der Waals surface area contributed by atoms with Crippen molar-refractivity contribution in [3.63, 3.8) is 0 Å². The molecule has 1 saturated heterocycles. The van der Waals surface area contributed by atoms with Crippen molar-refractivity contribution in [1.82, 2.24) is 4.90 Å². The van der Waals surface area contributed by atoms with Crippen LogP contribution in [0.5, 0.6) is 0 Å². The summed E-state index contributed by atoms with van der Waals surface area (Å²) in [6.07, 6.45) is 3.72. The monoisotopic (exact) mass is 291 g/mol. The van der Waals surface area contributed by atoms with Crippen molar-refractivity contribution in [2.75, 3.05) is 37.8 Å². The zero-order chi connectivity index (χ0) is 15.2. The standard InChI is InChI=1S/C16H25N3O2/c1-3-21-16(20)14-10-12(17)7-8-15(14)18-11-13-6-4-5-9-19(13)2/h7-8,10,13,18H,3-6,9,11,17H2,1-2H3. The maximum absolute atomic E-state index is 12.0. The molecular weight excluding hydrogens is 266 g/mol. The summed E-state index contributed by atoms with van der Waals surface area (Å²) in [6, 6.07) is 5.83. The van der Waals surface area contributed by atoms with Gasteiger partial charge < -0.3 is 20.7 Å². The minimum atomic E-state index is -0.329. The molecule has 0 spiro atoms. The van der Waals surface area contributed by atoms with Gasteiger partial charge in [0.25, 0.3) is 0 Å². The summed E-state index contributed by atoms with van der Waals surface area (Å²) in [7, 11) is 2.15. The number of carbonyl (C=O) groups is 1. The SMILES string of the molecule is CCOC(=O)c1cc(N)ccc1NCC1CCCCN1C. The van der Waals surface area contributed by atoms with E-state index >= 15 is 0 Å². The van der Waals surface area contributed by atoms with Crippen LogP contribution in [0.1, 0.15) is 36.5 Å². The molecule has 3 N–H and O–H groups in total. The van der Waals surface area contributed by atoms with Crippen molar-refractivity contribution in [3.05, 3.63) is 23.8 Å². The van der Waals surface area contributed by atoms with E-state index in [1.165, 1.54) is 19.3 Å². The molecule has 0 aliphatic carbocycles. The topological polar surface area (TPSA) is 67.6 Å². The molecule has 1 aliphatic rings. The molecule has 1 fully saturated rings. The number of hydrogen-bond donors (Lipinski definition) is 2. The van der Waals surface area contributed by atoms with Gasteiger partial charge >= 0.3 is 5.97 Å². The number of rotatable bonds is 5. The van der Waals surface area contributed by atoms with Gasteiger partial charge in [0, 0.05) is 24.0 Å². The first-order valence-electron chi connectivity index (χ1n) is 7.62. The third-order valence-corrected chi connectivity index (χ3v) is 3.99. The molecule has 1 aromatic rings. The van der Waals surface area contributed by atoms with Gasteiger partial charge in [0.2, 0.25) is 0 Å². The summed E-state index contributed by atoms with van der Waals surface area (Å²) in [5.74, 6) is -0.329. The van der Waals surface area contributed by atoms with Gasteiger partial charge in [-0.25, -0.2) is 4.79 Å². The summed E-state index contributed by atoms with van der Waals surface area (Å²) in [5, 5.41) is 3.38. The fraction of sp³-hybridized carbons (Fsp3) is 0.562. The molecule has 0 amide bonds. The van der Waals surface area contributed by atoms with Crippen LogP contribution in [0.2, 0.25) is 0 Å². The van der Waals surface area contributed by atoms with E-state index in [-0.39, 0.29) is 5.97 Å². The van der Waals surface area contributed by atoms with Gasteiger partial charge in [0.1, 0.15) is 0 Å². The first-order chi connectivity index (χ1) is 10.1. The number of benzene rings is 1. The molecule has 21 heavy (non-hydrogen) atoms. The Morgan fingerprint density at radius 2 is 2.29 bits per heavy atom. The summed E-state index contributed by atoms with van der Waals surface area (Å²) in [4.78, 5) is 14.4. The van der Waals surface area contributed by atoms with Crippen LogP contribution in [0.4, 0.5) is 11.4 Å². The van der Waals surface area contributed by atoms with E-state index in [4.69, 9.17) is 10.5 Å². The van der Waals surface area contributed by atoms with Crippen LogP contribution in [-0.2, 0) is 4.74 Å². The molecule has 116 valence electrons. The lowest BCUT2D eigenvalue weighted by Gasteiger charge is -2.32. The largest absolute Gasteiger partial charge is 0.462 e. The predicted molar refractivity (Wildman–Crippen MR) is 85.6 cm³/mol. The van der Waals surface area contributed by atoms with Gasteiger partial charge in [-0.3, -0.25) is 0 Å². The third-order valence-electron chi connectivity index (χ3n) is 3.99. The predicted octanol–water partition coefficient (Wildman–Crippen LogP) is 2.34. The number of anilines is 2. The quantitative estimate of drug-likeness (QED) is 0.644. The molecule has 1 aromatic carbocycles. The molecule has 1 aliphatic heterocycles. The Morgan fingerprint density at radius 3 is 3.00 bits per heavy atom. The van der Waals surface area contributed by atoms with Crippen LogP contribution in [0.3, 0.4) is 0 Å². The second kappa shape index (κ2) is 7.31. The molecule has 5 nitrogen and oxygen atoms in total. The highest BCUT2D eigenvalue weighted by molar-refractivity contribution is 5.96. The van der Waals surface area contributed by atoms with Crippen molar-refractivity contribution in [2.45, 2.75) is 32.2 Å². The average Bonchev–Trinajstić information content (AvgIpc) is 2.47. The zero-order valence-electron chi connectivity index (χ0n) is 12.9. The lowest BCUT2D eigenvalue weighted by atomic mass is 10.0. The van der Waals surface area contributed by atoms with Crippen molar-refractivity contribution >= 4 is 17.3 Å².